The molecule has 0 radical (unpaired) electrons. The molecule has 0 aliphatic rings. The molecule has 61 heavy (non-hydrogen) atoms. The minimum absolute atomic E-state index is 0.00702. The van der Waals surface area contributed by atoms with Crippen molar-refractivity contribution in [2.24, 2.45) is 4.99 Å². The fraction of sp³-hybridized carbons (Fsp3) is 0.0893. The van der Waals surface area contributed by atoms with Crippen molar-refractivity contribution in [2.75, 3.05) is 0 Å². The molecule has 0 spiro atoms. The van der Waals surface area contributed by atoms with Crippen LogP contribution in [-0.2, 0) is 0 Å². The number of benzene rings is 8. The lowest BCUT2D eigenvalue weighted by Gasteiger charge is -2.21. The van der Waals surface area contributed by atoms with E-state index < -0.39 is 0 Å². The van der Waals surface area contributed by atoms with E-state index in [4.69, 9.17) is 4.99 Å². The van der Waals surface area contributed by atoms with Gasteiger partial charge in [0.2, 0.25) is 5.96 Å². The lowest BCUT2D eigenvalue weighted by atomic mass is 10.0. The molecule has 0 bridgehead atoms. The first-order chi connectivity index (χ1) is 30.1. The van der Waals surface area contributed by atoms with Crippen LogP contribution < -0.4 is 5.32 Å². The van der Waals surface area contributed by atoms with Crippen molar-refractivity contribution >= 4 is 77.1 Å². The first-order valence-corrected chi connectivity index (χ1v) is 21.3. The Balaban J connectivity index is 1.16. The molecule has 5 nitrogen and oxygen atoms in total. The van der Waals surface area contributed by atoms with Crippen LogP contribution in [0, 0.1) is 0 Å². The SMILES string of the molecule is CC/C(C)=C(\N=C(NC(C)c1ccccc1)n1c2ccccc2c2ccccc21)c1cccc(-n2c3ccccc3c3ccc4c(c5ccccc5n4-c4ccccc4)c32)c1. The molecule has 11 aromatic rings. The zero-order chi connectivity index (χ0) is 41.0. The highest BCUT2D eigenvalue weighted by atomic mass is 15.2. The third-order valence-electron chi connectivity index (χ3n) is 12.5. The maximum absolute atomic E-state index is 5.74. The third-order valence-corrected chi connectivity index (χ3v) is 12.5. The summed E-state index contributed by atoms with van der Waals surface area (Å²) in [7, 11) is 0. The summed E-state index contributed by atoms with van der Waals surface area (Å²) in [5.41, 5.74) is 13.6. The number of fused-ring (bicyclic) bond motifs is 10. The minimum Gasteiger partial charge on any atom is -0.349 e. The van der Waals surface area contributed by atoms with Crippen LogP contribution in [0.5, 0.6) is 0 Å². The molecule has 1 N–H and O–H groups in total. The first kappa shape index (κ1) is 36.4. The van der Waals surface area contributed by atoms with Gasteiger partial charge in [0.1, 0.15) is 0 Å². The first-order valence-electron chi connectivity index (χ1n) is 21.3. The van der Waals surface area contributed by atoms with Gasteiger partial charge in [-0.1, -0.05) is 146 Å². The number of para-hydroxylation sites is 5. The highest BCUT2D eigenvalue weighted by molar-refractivity contribution is 6.26. The Morgan fingerprint density at radius 1 is 0.508 bits per heavy atom. The Labute approximate surface area is 355 Å². The average molecular weight is 788 g/mol. The zero-order valence-corrected chi connectivity index (χ0v) is 34.5. The number of rotatable bonds is 7. The number of aromatic nitrogens is 3. The summed E-state index contributed by atoms with van der Waals surface area (Å²) in [5, 5.41) is 11.2. The number of allylic oxidation sites excluding steroid dienone is 1. The van der Waals surface area contributed by atoms with Gasteiger partial charge in [-0.3, -0.25) is 4.57 Å². The molecule has 0 aliphatic carbocycles. The van der Waals surface area contributed by atoms with Crippen molar-refractivity contribution in [1.29, 1.82) is 0 Å². The molecule has 0 fully saturated rings. The van der Waals surface area contributed by atoms with E-state index in [0.29, 0.717) is 0 Å². The molecule has 0 saturated carbocycles. The summed E-state index contributed by atoms with van der Waals surface area (Å²) in [6.07, 6.45) is 0.854. The lowest BCUT2D eigenvalue weighted by Crippen LogP contribution is -2.32. The van der Waals surface area contributed by atoms with E-state index >= 15 is 0 Å². The molecule has 3 aromatic heterocycles. The maximum atomic E-state index is 5.74. The van der Waals surface area contributed by atoms with Crippen molar-refractivity contribution in [3.8, 4) is 11.4 Å². The molecule has 1 unspecified atom stereocenters. The second kappa shape index (κ2) is 14.9. The summed E-state index contributed by atoms with van der Waals surface area (Å²) in [4.78, 5) is 5.74. The van der Waals surface area contributed by atoms with E-state index in [9.17, 15) is 0 Å². The van der Waals surface area contributed by atoms with Crippen molar-refractivity contribution < 1.29 is 0 Å². The summed E-state index contributed by atoms with van der Waals surface area (Å²) < 4.78 is 7.19. The minimum atomic E-state index is -0.00702. The van der Waals surface area contributed by atoms with Gasteiger partial charge in [-0.25, -0.2) is 4.99 Å². The van der Waals surface area contributed by atoms with Crippen LogP contribution in [0.3, 0.4) is 0 Å². The molecule has 1 atom stereocenters. The van der Waals surface area contributed by atoms with Crippen LogP contribution in [-0.4, -0.2) is 19.7 Å². The van der Waals surface area contributed by atoms with E-state index in [1.54, 1.807) is 0 Å². The zero-order valence-electron chi connectivity index (χ0n) is 34.5. The Hall–Kier alpha value is -7.63. The lowest BCUT2D eigenvalue weighted by molar-refractivity contribution is 0.703. The molecule has 294 valence electrons. The van der Waals surface area contributed by atoms with Crippen LogP contribution in [0.2, 0.25) is 0 Å². The fourth-order valence-electron chi connectivity index (χ4n) is 9.42. The standard InChI is InChI=1S/C56H45N5/c1-4-37(2)54(58-56(57-38(3)39-20-7-5-8-21-39)61-49-31-16-11-26-43(49)44-27-12-17-32-50(44)61)40-22-19-25-42(36-40)60-48-30-15-13-28-45(48)46-34-35-52-53(55(46)60)47-29-14-18-33-51(47)59(52)41-23-9-6-10-24-41/h5-36,38H,4H2,1-3H3,(H,57,58)/b54-37-. The van der Waals surface area contributed by atoms with Gasteiger partial charge in [-0.15, -0.1) is 0 Å². The van der Waals surface area contributed by atoms with Crippen molar-refractivity contribution in [3.05, 3.63) is 211 Å². The molecule has 0 saturated heterocycles. The average Bonchev–Trinajstić information content (AvgIpc) is 3.96. The quantitative estimate of drug-likeness (QED) is 0.127. The molecular weight excluding hydrogens is 743 g/mol. The summed E-state index contributed by atoms with van der Waals surface area (Å²) in [5.74, 6) is 0.786. The van der Waals surface area contributed by atoms with Gasteiger partial charge in [0.25, 0.3) is 0 Å². The number of nitrogens with one attached hydrogen (secondary N) is 1. The van der Waals surface area contributed by atoms with Crippen LogP contribution >= 0.6 is 0 Å². The van der Waals surface area contributed by atoms with Gasteiger partial charge in [0, 0.05) is 49.3 Å². The normalized spacial score (nSPS) is 13.2. The number of nitrogens with zero attached hydrogens (tertiary/aromatic N) is 4. The highest BCUT2D eigenvalue weighted by Gasteiger charge is 2.22. The third kappa shape index (κ3) is 5.96. The Bertz CT molecular complexity index is 3450. The monoisotopic (exact) mass is 787 g/mol. The second-order valence-corrected chi connectivity index (χ2v) is 16.0. The van der Waals surface area contributed by atoms with Gasteiger partial charge in [0.15, 0.2) is 0 Å². The number of hydrogen-bond acceptors (Lipinski definition) is 1. The van der Waals surface area contributed by atoms with Gasteiger partial charge in [-0.05, 0) is 86.0 Å². The van der Waals surface area contributed by atoms with E-state index in [0.717, 1.165) is 46.0 Å². The molecule has 11 rings (SSSR count). The predicted octanol–water partition coefficient (Wildman–Crippen LogP) is 14.4. The maximum Gasteiger partial charge on any atom is 0.208 e. The largest absolute Gasteiger partial charge is 0.349 e. The topological polar surface area (TPSA) is 39.2 Å². The van der Waals surface area contributed by atoms with E-state index in [-0.39, 0.29) is 6.04 Å². The van der Waals surface area contributed by atoms with Crippen LogP contribution in [0.25, 0.3) is 82.5 Å². The van der Waals surface area contributed by atoms with E-state index in [2.05, 4.69) is 234 Å². The second-order valence-electron chi connectivity index (χ2n) is 16.0. The summed E-state index contributed by atoms with van der Waals surface area (Å²) >= 11 is 0. The van der Waals surface area contributed by atoms with Gasteiger partial charge in [0.05, 0.1) is 44.8 Å². The van der Waals surface area contributed by atoms with Gasteiger partial charge < -0.3 is 14.5 Å². The molecule has 8 aromatic carbocycles. The molecule has 5 heteroatoms. The van der Waals surface area contributed by atoms with Crippen molar-refractivity contribution in [3.63, 3.8) is 0 Å². The molecular formula is C56H45N5. The predicted molar refractivity (Wildman–Crippen MR) is 258 cm³/mol. The molecule has 0 amide bonds. The smallest absolute Gasteiger partial charge is 0.208 e. The number of hydrogen-bond donors (Lipinski definition) is 1. The summed E-state index contributed by atoms with van der Waals surface area (Å²) in [6, 6.07) is 69.9. The van der Waals surface area contributed by atoms with E-state index in [1.807, 2.05) is 0 Å². The van der Waals surface area contributed by atoms with Crippen molar-refractivity contribution in [2.45, 2.75) is 33.2 Å². The van der Waals surface area contributed by atoms with Crippen LogP contribution in [0.15, 0.2) is 205 Å². The molecule has 0 aliphatic heterocycles. The van der Waals surface area contributed by atoms with Crippen molar-refractivity contribution in [1.82, 2.24) is 19.0 Å². The van der Waals surface area contributed by atoms with E-state index in [1.165, 1.54) is 65.5 Å². The molecule has 3 heterocycles. The van der Waals surface area contributed by atoms with Gasteiger partial charge in [-0.2, -0.15) is 0 Å². The fourth-order valence-corrected chi connectivity index (χ4v) is 9.42. The summed E-state index contributed by atoms with van der Waals surface area (Å²) in [6.45, 7) is 6.66. The van der Waals surface area contributed by atoms with Gasteiger partial charge >= 0.3 is 0 Å². The highest BCUT2D eigenvalue weighted by Crippen LogP contribution is 2.42. The Morgan fingerprint density at radius 2 is 1.05 bits per heavy atom. The Kier molecular flexibility index (Phi) is 8.89. The number of aliphatic imine (C=N–C) groups is 1. The Morgan fingerprint density at radius 3 is 1.70 bits per heavy atom. The van der Waals surface area contributed by atoms with Crippen LogP contribution in [0.1, 0.15) is 44.4 Å². The van der Waals surface area contributed by atoms with Crippen LogP contribution in [0.4, 0.5) is 0 Å².